The maximum absolute atomic E-state index is 11.4. The number of carbonyl (C=O) groups is 1. The number of hydrazine groups is 1. The van der Waals surface area contributed by atoms with E-state index in [9.17, 15) is 4.79 Å². The molecule has 5 nitrogen and oxygen atoms in total. The molecule has 0 radical (unpaired) electrons. The second-order valence-corrected chi connectivity index (χ2v) is 4.77. The quantitative estimate of drug-likeness (QED) is 0.791. The van der Waals surface area contributed by atoms with Gasteiger partial charge in [-0.3, -0.25) is 10.4 Å². The Hall–Kier alpha value is -1.62. The van der Waals surface area contributed by atoms with Crippen molar-refractivity contribution in [2.45, 2.75) is 39.3 Å². The number of nitrogens with one attached hydrogen (secondary N) is 2. The number of rotatable bonds is 3. The van der Waals surface area contributed by atoms with Crippen LogP contribution in [-0.4, -0.2) is 16.7 Å². The third-order valence-electron chi connectivity index (χ3n) is 2.00. The molecule has 0 saturated carbocycles. The van der Waals surface area contributed by atoms with Gasteiger partial charge in [-0.15, -0.1) is 0 Å². The lowest BCUT2D eigenvalue weighted by Crippen LogP contribution is -2.42. The lowest BCUT2D eigenvalue weighted by atomic mass is 10.1. The van der Waals surface area contributed by atoms with Gasteiger partial charge < -0.3 is 4.74 Å². The van der Waals surface area contributed by atoms with Crippen LogP contribution >= 0.6 is 0 Å². The highest BCUT2D eigenvalue weighted by Gasteiger charge is 2.16. The lowest BCUT2D eigenvalue weighted by Gasteiger charge is -2.21. The van der Waals surface area contributed by atoms with E-state index in [1.807, 2.05) is 39.8 Å². The Morgan fingerprint density at radius 1 is 1.35 bits per heavy atom. The first-order chi connectivity index (χ1) is 7.88. The van der Waals surface area contributed by atoms with Crippen molar-refractivity contribution in [3.63, 3.8) is 0 Å². The van der Waals surface area contributed by atoms with Crippen LogP contribution in [0.5, 0.6) is 0 Å². The minimum atomic E-state index is -0.494. The number of amides is 1. The molecule has 1 unspecified atom stereocenters. The van der Waals surface area contributed by atoms with Crippen LogP contribution in [0, 0.1) is 0 Å². The number of carbonyl (C=O) groups excluding carboxylic acids is 1. The molecule has 1 amide bonds. The summed E-state index contributed by atoms with van der Waals surface area (Å²) < 4.78 is 5.10. The molecule has 1 heterocycles. The number of hydrogen-bond donors (Lipinski definition) is 2. The molecule has 0 aromatic carbocycles. The van der Waals surface area contributed by atoms with Gasteiger partial charge in [0, 0.05) is 18.4 Å². The van der Waals surface area contributed by atoms with Crippen LogP contribution in [0.25, 0.3) is 0 Å². The average molecular weight is 237 g/mol. The molecule has 17 heavy (non-hydrogen) atoms. The molecule has 0 spiro atoms. The Morgan fingerprint density at radius 3 is 2.47 bits per heavy atom. The molecule has 0 saturated heterocycles. The van der Waals surface area contributed by atoms with Gasteiger partial charge in [0.1, 0.15) is 5.60 Å². The Labute approximate surface area is 102 Å². The zero-order valence-corrected chi connectivity index (χ0v) is 10.7. The summed E-state index contributed by atoms with van der Waals surface area (Å²) >= 11 is 0. The largest absolute Gasteiger partial charge is 0.443 e. The second-order valence-electron chi connectivity index (χ2n) is 4.77. The minimum absolute atomic E-state index is 0.00878. The summed E-state index contributed by atoms with van der Waals surface area (Å²) in [5.74, 6) is 0. The standard InChI is InChI=1S/C12H19N3O2/c1-9(10-5-7-13-8-6-10)14-15-11(16)17-12(2,3)4/h5-9,14H,1-4H3,(H,15,16). The van der Waals surface area contributed by atoms with Crippen molar-refractivity contribution < 1.29 is 9.53 Å². The number of nitrogens with zero attached hydrogens (tertiary/aromatic N) is 1. The fraction of sp³-hybridized carbons (Fsp3) is 0.500. The Morgan fingerprint density at radius 2 is 1.94 bits per heavy atom. The molecule has 94 valence electrons. The van der Waals surface area contributed by atoms with E-state index in [2.05, 4.69) is 15.8 Å². The molecule has 1 rings (SSSR count). The van der Waals surface area contributed by atoms with Crippen molar-refractivity contribution in [1.29, 1.82) is 0 Å². The molecule has 5 heteroatoms. The van der Waals surface area contributed by atoms with Gasteiger partial charge in [-0.25, -0.2) is 10.2 Å². The van der Waals surface area contributed by atoms with Gasteiger partial charge >= 0.3 is 6.09 Å². The van der Waals surface area contributed by atoms with E-state index in [0.717, 1.165) is 5.56 Å². The first kappa shape index (κ1) is 13.4. The van der Waals surface area contributed by atoms with Gasteiger partial charge in [-0.1, -0.05) is 0 Å². The van der Waals surface area contributed by atoms with Crippen LogP contribution in [0.3, 0.4) is 0 Å². The van der Waals surface area contributed by atoms with E-state index >= 15 is 0 Å². The maximum atomic E-state index is 11.4. The summed E-state index contributed by atoms with van der Waals surface area (Å²) in [5, 5.41) is 0. The second kappa shape index (κ2) is 5.63. The highest BCUT2D eigenvalue weighted by molar-refractivity contribution is 5.67. The van der Waals surface area contributed by atoms with Gasteiger partial charge in [-0.05, 0) is 45.4 Å². The molecule has 2 N–H and O–H groups in total. The van der Waals surface area contributed by atoms with Gasteiger partial charge in [0.2, 0.25) is 0 Å². The van der Waals surface area contributed by atoms with Crippen molar-refractivity contribution in [2.24, 2.45) is 0 Å². The predicted molar refractivity (Wildman–Crippen MR) is 65.2 cm³/mol. The Kier molecular flexibility index (Phi) is 4.45. The molecule has 1 aromatic rings. The first-order valence-electron chi connectivity index (χ1n) is 5.53. The zero-order chi connectivity index (χ0) is 12.9. The van der Waals surface area contributed by atoms with Crippen molar-refractivity contribution in [2.75, 3.05) is 0 Å². The van der Waals surface area contributed by atoms with Crippen LogP contribution in [0.4, 0.5) is 4.79 Å². The number of ether oxygens (including phenoxy) is 1. The topological polar surface area (TPSA) is 63.2 Å². The van der Waals surface area contributed by atoms with Gasteiger partial charge in [0.15, 0.2) is 0 Å². The zero-order valence-electron chi connectivity index (χ0n) is 10.7. The fourth-order valence-electron chi connectivity index (χ4n) is 1.21. The molecule has 0 aliphatic heterocycles. The normalized spacial score (nSPS) is 12.9. The first-order valence-corrected chi connectivity index (χ1v) is 5.53. The van der Waals surface area contributed by atoms with E-state index in [0.29, 0.717) is 0 Å². The van der Waals surface area contributed by atoms with Crippen LogP contribution in [0.2, 0.25) is 0 Å². The highest BCUT2D eigenvalue weighted by Crippen LogP contribution is 2.09. The summed E-state index contributed by atoms with van der Waals surface area (Å²) in [6.07, 6.45) is 2.93. The number of aromatic nitrogens is 1. The minimum Gasteiger partial charge on any atom is -0.443 e. The molecular formula is C12H19N3O2. The SMILES string of the molecule is CC(NNC(=O)OC(C)(C)C)c1ccncc1. The van der Waals surface area contributed by atoms with E-state index in [1.165, 1.54) is 0 Å². The van der Waals surface area contributed by atoms with E-state index < -0.39 is 11.7 Å². The fourth-order valence-corrected chi connectivity index (χ4v) is 1.21. The molecule has 1 atom stereocenters. The summed E-state index contributed by atoms with van der Waals surface area (Å²) in [4.78, 5) is 15.3. The summed E-state index contributed by atoms with van der Waals surface area (Å²) in [5.41, 5.74) is 5.92. The van der Waals surface area contributed by atoms with Crippen LogP contribution in [0.15, 0.2) is 24.5 Å². The highest BCUT2D eigenvalue weighted by atomic mass is 16.6. The summed E-state index contributed by atoms with van der Waals surface area (Å²) in [7, 11) is 0. The van der Waals surface area contributed by atoms with Gasteiger partial charge in [0.25, 0.3) is 0 Å². The van der Waals surface area contributed by atoms with Crippen molar-refractivity contribution >= 4 is 6.09 Å². The summed E-state index contributed by atoms with van der Waals surface area (Å²) in [6, 6.07) is 3.76. The molecule has 1 aromatic heterocycles. The monoisotopic (exact) mass is 237 g/mol. The van der Waals surface area contributed by atoms with Crippen molar-refractivity contribution in [1.82, 2.24) is 15.8 Å². The molecule has 0 bridgehead atoms. The van der Waals surface area contributed by atoms with Gasteiger partial charge in [-0.2, -0.15) is 0 Å². The number of hydrogen-bond acceptors (Lipinski definition) is 4. The van der Waals surface area contributed by atoms with E-state index in [4.69, 9.17) is 4.74 Å². The third kappa shape index (κ3) is 5.31. The Bertz CT molecular complexity index is 360. The predicted octanol–water partition coefficient (Wildman–Crippen LogP) is 2.17. The third-order valence-corrected chi connectivity index (χ3v) is 2.00. The van der Waals surface area contributed by atoms with Crippen LogP contribution in [0.1, 0.15) is 39.3 Å². The lowest BCUT2D eigenvalue weighted by molar-refractivity contribution is 0.0489. The average Bonchev–Trinajstić information content (AvgIpc) is 2.25. The van der Waals surface area contributed by atoms with E-state index in [-0.39, 0.29) is 6.04 Å². The molecule has 0 aliphatic carbocycles. The molecule has 0 aliphatic rings. The van der Waals surface area contributed by atoms with Crippen LogP contribution in [-0.2, 0) is 4.74 Å². The maximum Gasteiger partial charge on any atom is 0.422 e. The summed E-state index contributed by atoms with van der Waals surface area (Å²) in [6.45, 7) is 7.39. The van der Waals surface area contributed by atoms with E-state index in [1.54, 1.807) is 12.4 Å². The Balaban J connectivity index is 2.39. The van der Waals surface area contributed by atoms with Crippen molar-refractivity contribution in [3.05, 3.63) is 30.1 Å². The molecular weight excluding hydrogens is 218 g/mol. The number of pyridine rings is 1. The van der Waals surface area contributed by atoms with Crippen molar-refractivity contribution in [3.8, 4) is 0 Å². The van der Waals surface area contributed by atoms with Gasteiger partial charge in [0.05, 0.1) is 0 Å². The molecule has 0 fully saturated rings. The smallest absolute Gasteiger partial charge is 0.422 e. The van der Waals surface area contributed by atoms with Crippen LogP contribution < -0.4 is 10.9 Å².